The van der Waals surface area contributed by atoms with Crippen molar-refractivity contribution in [1.82, 2.24) is 0 Å². The fourth-order valence-corrected chi connectivity index (χ4v) is 4.26. The van der Waals surface area contributed by atoms with Gasteiger partial charge in [-0.1, -0.05) is 18.2 Å². The predicted molar refractivity (Wildman–Crippen MR) is 69.5 cm³/mol. The van der Waals surface area contributed by atoms with E-state index in [1.807, 2.05) is 6.07 Å². The van der Waals surface area contributed by atoms with Gasteiger partial charge in [-0.2, -0.15) is 0 Å². The molecule has 2 aliphatic carbocycles. The molecule has 0 spiro atoms. The van der Waals surface area contributed by atoms with Crippen LogP contribution in [0.5, 0.6) is 0 Å². The molecule has 6 atom stereocenters. The van der Waals surface area contributed by atoms with Gasteiger partial charge in [0.25, 0.3) is 0 Å². The molecule has 1 aromatic rings. The normalized spacial score (nSPS) is 42.4. The van der Waals surface area contributed by atoms with Gasteiger partial charge in [0.1, 0.15) is 0 Å². The van der Waals surface area contributed by atoms with E-state index in [1.54, 1.807) is 24.3 Å². The first kappa shape index (κ1) is 12.1. The van der Waals surface area contributed by atoms with Crippen molar-refractivity contribution in [2.24, 2.45) is 23.7 Å². The first-order valence-electron chi connectivity index (χ1n) is 6.90. The van der Waals surface area contributed by atoms with Crippen LogP contribution < -0.4 is 4.90 Å². The zero-order valence-electron chi connectivity index (χ0n) is 10.7. The number of rotatable bonds is 1. The van der Waals surface area contributed by atoms with Gasteiger partial charge in [0.15, 0.2) is 0 Å². The predicted octanol–water partition coefficient (Wildman–Crippen LogP) is 0.164. The average Bonchev–Trinajstić information content (AvgIpc) is 3.05. The lowest BCUT2D eigenvalue weighted by Crippen LogP contribution is -2.43. The van der Waals surface area contributed by atoms with E-state index in [4.69, 9.17) is 0 Å². The SMILES string of the molecule is O=C1C2C3CC(C2C(=O)N1c1ccccc1)[C@H](O)C3O. The van der Waals surface area contributed by atoms with E-state index in [9.17, 15) is 19.8 Å². The van der Waals surface area contributed by atoms with Crippen molar-refractivity contribution in [3.05, 3.63) is 30.3 Å². The number of amides is 2. The Labute approximate surface area is 115 Å². The van der Waals surface area contributed by atoms with E-state index in [2.05, 4.69) is 0 Å². The van der Waals surface area contributed by atoms with E-state index in [1.165, 1.54) is 4.90 Å². The average molecular weight is 273 g/mol. The van der Waals surface area contributed by atoms with Gasteiger partial charge in [-0.15, -0.1) is 0 Å². The summed E-state index contributed by atoms with van der Waals surface area (Å²) in [7, 11) is 0. The fourth-order valence-electron chi connectivity index (χ4n) is 4.26. The number of aliphatic hydroxyl groups excluding tert-OH is 2. The third-order valence-electron chi connectivity index (χ3n) is 5.11. The van der Waals surface area contributed by atoms with Crippen molar-refractivity contribution in [2.45, 2.75) is 18.6 Å². The van der Waals surface area contributed by atoms with Gasteiger partial charge in [0, 0.05) is 11.8 Å². The van der Waals surface area contributed by atoms with Crippen LogP contribution >= 0.6 is 0 Å². The molecule has 5 heteroatoms. The molecule has 1 heterocycles. The van der Waals surface area contributed by atoms with Crippen molar-refractivity contribution in [3.63, 3.8) is 0 Å². The summed E-state index contributed by atoms with van der Waals surface area (Å²) in [5.41, 5.74) is 0.570. The second-order valence-corrected chi connectivity index (χ2v) is 5.94. The minimum Gasteiger partial charge on any atom is -0.390 e. The van der Waals surface area contributed by atoms with E-state index >= 15 is 0 Å². The quantitative estimate of drug-likeness (QED) is 0.715. The second kappa shape index (κ2) is 3.90. The van der Waals surface area contributed by atoms with Gasteiger partial charge < -0.3 is 10.2 Å². The van der Waals surface area contributed by atoms with Gasteiger partial charge in [-0.05, 0) is 18.6 Å². The van der Waals surface area contributed by atoms with E-state index in [0.29, 0.717) is 12.1 Å². The number of carbonyl (C=O) groups is 2. The maximum atomic E-state index is 12.6. The molecule has 1 aromatic carbocycles. The second-order valence-electron chi connectivity index (χ2n) is 5.94. The molecule has 2 N–H and O–H groups in total. The number of fused-ring (bicyclic) bond motifs is 5. The molecule has 104 valence electrons. The Balaban J connectivity index is 1.75. The highest BCUT2D eigenvalue weighted by atomic mass is 16.3. The van der Waals surface area contributed by atoms with Gasteiger partial charge in [-0.3, -0.25) is 14.5 Å². The number of carbonyl (C=O) groups excluding carboxylic acids is 2. The highest BCUT2D eigenvalue weighted by molar-refractivity contribution is 6.22. The molecular weight excluding hydrogens is 258 g/mol. The largest absolute Gasteiger partial charge is 0.390 e. The van der Waals surface area contributed by atoms with Crippen LogP contribution in [0.15, 0.2) is 30.3 Å². The van der Waals surface area contributed by atoms with Crippen LogP contribution in [0.3, 0.4) is 0 Å². The first-order chi connectivity index (χ1) is 9.61. The maximum absolute atomic E-state index is 12.6. The van der Waals surface area contributed by atoms with Crippen molar-refractivity contribution in [1.29, 1.82) is 0 Å². The first-order valence-corrected chi connectivity index (χ1v) is 6.90. The number of para-hydroxylation sites is 1. The Morgan fingerprint density at radius 2 is 1.40 bits per heavy atom. The van der Waals surface area contributed by atoms with Crippen LogP contribution in [0.2, 0.25) is 0 Å². The number of imide groups is 1. The third kappa shape index (κ3) is 1.29. The molecular formula is C15H15NO4. The molecule has 3 fully saturated rings. The Morgan fingerprint density at radius 1 is 0.900 bits per heavy atom. The van der Waals surface area contributed by atoms with E-state index < -0.39 is 24.0 Å². The Hall–Kier alpha value is -1.72. The molecule has 20 heavy (non-hydrogen) atoms. The molecule has 4 rings (SSSR count). The molecule has 0 radical (unpaired) electrons. The van der Waals surface area contributed by atoms with Crippen LogP contribution in [0.25, 0.3) is 0 Å². The number of hydrogen-bond acceptors (Lipinski definition) is 4. The third-order valence-corrected chi connectivity index (χ3v) is 5.11. The van der Waals surface area contributed by atoms with Gasteiger partial charge in [0.2, 0.25) is 11.8 Å². The van der Waals surface area contributed by atoms with Crippen LogP contribution in [-0.4, -0.2) is 34.2 Å². The summed E-state index contributed by atoms with van der Waals surface area (Å²) in [6.45, 7) is 0. The standard InChI is InChI=1S/C15H15NO4/c17-12-8-6-9(13(12)18)11-10(8)14(19)16(15(11)20)7-4-2-1-3-5-7/h1-5,8-13,17-18H,6H2/t8?,9?,10?,11?,12-,13?/m0/s1. The Kier molecular flexibility index (Phi) is 2.35. The fraction of sp³-hybridized carbons (Fsp3) is 0.467. The maximum Gasteiger partial charge on any atom is 0.238 e. The summed E-state index contributed by atoms with van der Waals surface area (Å²) in [6, 6.07) is 8.84. The molecule has 2 saturated carbocycles. The Morgan fingerprint density at radius 3 is 1.90 bits per heavy atom. The summed E-state index contributed by atoms with van der Waals surface area (Å²) < 4.78 is 0. The zero-order chi connectivity index (χ0) is 14.0. The molecule has 1 aliphatic heterocycles. The van der Waals surface area contributed by atoms with Crippen molar-refractivity contribution >= 4 is 17.5 Å². The van der Waals surface area contributed by atoms with E-state index in [0.717, 1.165) is 0 Å². The lowest BCUT2D eigenvalue weighted by Gasteiger charge is -2.29. The summed E-state index contributed by atoms with van der Waals surface area (Å²) >= 11 is 0. The lowest BCUT2D eigenvalue weighted by atomic mass is 9.78. The number of aliphatic hydroxyl groups is 2. The lowest BCUT2D eigenvalue weighted by molar-refractivity contribution is -0.129. The number of nitrogens with zero attached hydrogens (tertiary/aromatic N) is 1. The minimum absolute atomic E-state index is 0.232. The van der Waals surface area contributed by atoms with Gasteiger partial charge in [-0.25, -0.2) is 0 Å². The summed E-state index contributed by atoms with van der Waals surface area (Å²) in [6.07, 6.45) is -1.19. The van der Waals surface area contributed by atoms with Crippen molar-refractivity contribution < 1.29 is 19.8 Å². The topological polar surface area (TPSA) is 77.8 Å². The van der Waals surface area contributed by atoms with Gasteiger partial charge in [0.05, 0.1) is 29.7 Å². The van der Waals surface area contributed by atoms with Crippen LogP contribution in [-0.2, 0) is 9.59 Å². The highest BCUT2D eigenvalue weighted by Gasteiger charge is 2.67. The number of benzene rings is 1. The number of hydrogen-bond donors (Lipinski definition) is 2. The molecule has 5 unspecified atom stereocenters. The van der Waals surface area contributed by atoms with Gasteiger partial charge >= 0.3 is 0 Å². The molecule has 2 amide bonds. The highest BCUT2D eigenvalue weighted by Crippen LogP contribution is 2.56. The Bertz CT molecular complexity index is 555. The van der Waals surface area contributed by atoms with Crippen molar-refractivity contribution in [2.75, 3.05) is 4.90 Å². The zero-order valence-corrected chi connectivity index (χ0v) is 10.7. The number of anilines is 1. The van der Waals surface area contributed by atoms with Crippen LogP contribution in [0.1, 0.15) is 6.42 Å². The summed E-state index contributed by atoms with van der Waals surface area (Å²) in [5.74, 6) is -1.97. The summed E-state index contributed by atoms with van der Waals surface area (Å²) in [5, 5.41) is 19.9. The monoisotopic (exact) mass is 273 g/mol. The molecule has 3 aliphatic rings. The van der Waals surface area contributed by atoms with E-state index in [-0.39, 0.29) is 23.7 Å². The summed E-state index contributed by atoms with van der Waals surface area (Å²) in [4.78, 5) is 26.3. The molecule has 5 nitrogen and oxygen atoms in total. The van der Waals surface area contributed by atoms with Crippen LogP contribution in [0, 0.1) is 23.7 Å². The molecule has 0 aromatic heterocycles. The minimum atomic E-state index is -0.881. The van der Waals surface area contributed by atoms with Crippen LogP contribution in [0.4, 0.5) is 5.69 Å². The smallest absolute Gasteiger partial charge is 0.238 e. The van der Waals surface area contributed by atoms with Crippen molar-refractivity contribution in [3.8, 4) is 0 Å². The molecule has 2 bridgehead atoms. The molecule has 1 saturated heterocycles.